The Morgan fingerprint density at radius 1 is 1.40 bits per heavy atom. The third-order valence-corrected chi connectivity index (χ3v) is 4.77. The topological polar surface area (TPSA) is 84.9 Å². The van der Waals surface area contributed by atoms with Crippen LogP contribution in [0.15, 0.2) is 18.2 Å². The van der Waals surface area contributed by atoms with Crippen LogP contribution in [0.3, 0.4) is 0 Å². The maximum Gasteiger partial charge on any atom is 0.288 e. The number of rotatable bonds is 6. The van der Waals surface area contributed by atoms with Crippen LogP contribution in [-0.2, 0) is 16.0 Å². The number of para-hydroxylation sites is 1. The molecule has 2 heterocycles. The zero-order valence-electron chi connectivity index (χ0n) is 14.2. The van der Waals surface area contributed by atoms with Gasteiger partial charge in [0.05, 0.1) is 5.75 Å². The molecule has 1 saturated heterocycles. The predicted molar refractivity (Wildman–Crippen MR) is 92.9 cm³/mol. The standard InChI is InChI=1S/C17H20N2O5S/c1-17(2)8-11-4-3-5-12(15(11)24-17)23-9-13(20)18-6-7-19-14(21)10-25-16(19)22/h3-5H,6-10H2,1-2H3,(H,18,20). The highest BCUT2D eigenvalue weighted by Crippen LogP contribution is 2.41. The molecule has 3 amide bonds. The number of hydrogen-bond acceptors (Lipinski definition) is 6. The first-order valence-corrected chi connectivity index (χ1v) is 9.02. The van der Waals surface area contributed by atoms with Gasteiger partial charge in [-0.3, -0.25) is 19.3 Å². The molecule has 1 aromatic rings. The SMILES string of the molecule is CC1(C)Cc2cccc(OCC(=O)NCCN3C(=O)CSC3=O)c2O1. The van der Waals surface area contributed by atoms with Crippen molar-refractivity contribution in [3.63, 3.8) is 0 Å². The molecule has 0 spiro atoms. The van der Waals surface area contributed by atoms with E-state index in [2.05, 4.69) is 5.32 Å². The van der Waals surface area contributed by atoms with Crippen molar-refractivity contribution in [2.75, 3.05) is 25.4 Å². The fourth-order valence-electron chi connectivity index (χ4n) is 2.80. The fraction of sp³-hybridized carbons (Fsp3) is 0.471. The lowest BCUT2D eigenvalue weighted by Gasteiger charge is -2.18. The van der Waals surface area contributed by atoms with Gasteiger partial charge in [0.2, 0.25) is 5.91 Å². The minimum Gasteiger partial charge on any atom is -0.483 e. The summed E-state index contributed by atoms with van der Waals surface area (Å²) in [6.07, 6.45) is 0.793. The van der Waals surface area contributed by atoms with E-state index in [0.717, 1.165) is 28.6 Å². The number of ether oxygens (including phenoxy) is 2. The third kappa shape index (κ3) is 4.07. The second-order valence-electron chi connectivity index (χ2n) is 6.52. The fourth-order valence-corrected chi connectivity index (χ4v) is 3.55. The summed E-state index contributed by atoms with van der Waals surface area (Å²) in [4.78, 5) is 36.0. The van der Waals surface area contributed by atoms with E-state index in [1.165, 1.54) is 0 Å². The largest absolute Gasteiger partial charge is 0.483 e. The number of benzene rings is 1. The lowest BCUT2D eigenvalue weighted by molar-refractivity contribution is -0.126. The van der Waals surface area contributed by atoms with E-state index >= 15 is 0 Å². The van der Waals surface area contributed by atoms with Crippen molar-refractivity contribution in [1.82, 2.24) is 10.2 Å². The molecule has 0 aromatic heterocycles. The van der Waals surface area contributed by atoms with Crippen LogP contribution in [0.5, 0.6) is 11.5 Å². The number of nitrogens with zero attached hydrogens (tertiary/aromatic N) is 1. The Balaban J connectivity index is 1.47. The number of hydrogen-bond donors (Lipinski definition) is 1. The monoisotopic (exact) mass is 364 g/mol. The van der Waals surface area contributed by atoms with Crippen LogP contribution in [-0.4, -0.2) is 53.0 Å². The van der Waals surface area contributed by atoms with Crippen molar-refractivity contribution < 1.29 is 23.9 Å². The molecule has 2 aliphatic rings. The molecule has 3 rings (SSSR count). The summed E-state index contributed by atoms with van der Waals surface area (Å²) in [6.45, 7) is 4.23. The second kappa shape index (κ2) is 6.95. The quantitative estimate of drug-likeness (QED) is 0.825. The lowest BCUT2D eigenvalue weighted by Crippen LogP contribution is -2.39. The van der Waals surface area contributed by atoms with Crippen molar-refractivity contribution in [1.29, 1.82) is 0 Å². The number of carbonyl (C=O) groups is 3. The Kier molecular flexibility index (Phi) is 4.89. The van der Waals surface area contributed by atoms with E-state index < -0.39 is 0 Å². The minimum absolute atomic E-state index is 0.156. The molecule has 1 N–H and O–H groups in total. The first kappa shape index (κ1) is 17.6. The Morgan fingerprint density at radius 3 is 2.92 bits per heavy atom. The summed E-state index contributed by atoms with van der Waals surface area (Å²) in [7, 11) is 0. The van der Waals surface area contributed by atoms with Gasteiger partial charge in [-0.25, -0.2) is 0 Å². The number of amides is 3. The van der Waals surface area contributed by atoms with Crippen molar-refractivity contribution in [3.8, 4) is 11.5 Å². The number of imide groups is 1. The van der Waals surface area contributed by atoms with Crippen LogP contribution in [0.25, 0.3) is 0 Å². The van der Waals surface area contributed by atoms with Gasteiger partial charge >= 0.3 is 0 Å². The molecule has 25 heavy (non-hydrogen) atoms. The van der Waals surface area contributed by atoms with E-state index in [1.807, 2.05) is 26.0 Å². The maximum absolute atomic E-state index is 11.9. The molecule has 0 radical (unpaired) electrons. The van der Waals surface area contributed by atoms with Gasteiger partial charge in [0, 0.05) is 25.1 Å². The average molecular weight is 364 g/mol. The zero-order valence-corrected chi connectivity index (χ0v) is 15.0. The molecule has 1 aromatic carbocycles. The number of thioether (sulfide) groups is 1. The van der Waals surface area contributed by atoms with Crippen LogP contribution in [0.1, 0.15) is 19.4 Å². The first-order valence-electron chi connectivity index (χ1n) is 8.03. The molecule has 8 heteroatoms. The summed E-state index contributed by atoms with van der Waals surface area (Å²) in [5.74, 6) is 0.859. The van der Waals surface area contributed by atoms with E-state index in [0.29, 0.717) is 11.5 Å². The van der Waals surface area contributed by atoms with Crippen molar-refractivity contribution >= 4 is 28.8 Å². The van der Waals surface area contributed by atoms with Crippen molar-refractivity contribution in [2.45, 2.75) is 25.9 Å². The van der Waals surface area contributed by atoms with Crippen LogP contribution < -0.4 is 14.8 Å². The number of nitrogens with one attached hydrogen (secondary N) is 1. The molecule has 2 aliphatic heterocycles. The Hall–Kier alpha value is -2.22. The molecule has 1 fully saturated rings. The smallest absolute Gasteiger partial charge is 0.288 e. The number of fused-ring (bicyclic) bond motifs is 1. The molecule has 0 unspecified atom stereocenters. The van der Waals surface area contributed by atoms with Crippen molar-refractivity contribution in [3.05, 3.63) is 23.8 Å². The normalized spacial score (nSPS) is 18.1. The Labute approximate surface area is 150 Å². The van der Waals surface area contributed by atoms with Crippen LogP contribution in [0.4, 0.5) is 4.79 Å². The van der Waals surface area contributed by atoms with Gasteiger partial charge in [-0.15, -0.1) is 0 Å². The molecule has 0 saturated carbocycles. The lowest BCUT2D eigenvalue weighted by atomic mass is 10.0. The third-order valence-electron chi connectivity index (χ3n) is 3.91. The van der Waals surface area contributed by atoms with Crippen LogP contribution in [0.2, 0.25) is 0 Å². The summed E-state index contributed by atoms with van der Waals surface area (Å²) in [5.41, 5.74) is 0.781. The van der Waals surface area contributed by atoms with Gasteiger partial charge in [-0.2, -0.15) is 0 Å². The highest BCUT2D eigenvalue weighted by atomic mass is 32.2. The predicted octanol–water partition coefficient (Wildman–Crippen LogP) is 1.59. The minimum atomic E-state index is -0.318. The van der Waals surface area contributed by atoms with Gasteiger partial charge in [-0.05, 0) is 19.9 Å². The molecule has 0 bridgehead atoms. The Morgan fingerprint density at radius 2 is 2.20 bits per heavy atom. The van der Waals surface area contributed by atoms with E-state index in [9.17, 15) is 14.4 Å². The summed E-state index contributed by atoms with van der Waals surface area (Å²) in [6, 6.07) is 5.63. The molecular formula is C17H20N2O5S. The highest BCUT2D eigenvalue weighted by molar-refractivity contribution is 8.14. The van der Waals surface area contributed by atoms with E-state index in [4.69, 9.17) is 9.47 Å². The molecule has 134 valence electrons. The van der Waals surface area contributed by atoms with Gasteiger partial charge in [0.15, 0.2) is 18.1 Å². The van der Waals surface area contributed by atoms with Crippen LogP contribution >= 0.6 is 11.8 Å². The summed E-state index contributed by atoms with van der Waals surface area (Å²) in [5, 5.41) is 2.38. The highest BCUT2D eigenvalue weighted by Gasteiger charge is 2.32. The van der Waals surface area contributed by atoms with Crippen molar-refractivity contribution in [2.24, 2.45) is 0 Å². The summed E-state index contributed by atoms with van der Waals surface area (Å²) >= 11 is 0.977. The van der Waals surface area contributed by atoms with Gasteiger partial charge in [0.25, 0.3) is 11.1 Å². The Bertz CT molecular complexity index is 703. The van der Waals surface area contributed by atoms with Gasteiger partial charge in [-0.1, -0.05) is 23.9 Å². The number of carbonyl (C=O) groups excluding carboxylic acids is 3. The average Bonchev–Trinajstić information content (AvgIpc) is 3.04. The van der Waals surface area contributed by atoms with Gasteiger partial charge < -0.3 is 14.8 Å². The maximum atomic E-state index is 11.9. The molecule has 7 nitrogen and oxygen atoms in total. The molecule has 0 atom stereocenters. The van der Waals surface area contributed by atoms with E-state index in [1.54, 1.807) is 6.07 Å². The summed E-state index contributed by atoms with van der Waals surface area (Å²) < 4.78 is 11.5. The van der Waals surface area contributed by atoms with Gasteiger partial charge in [0.1, 0.15) is 5.60 Å². The van der Waals surface area contributed by atoms with E-state index in [-0.39, 0.29) is 48.1 Å². The second-order valence-corrected chi connectivity index (χ2v) is 7.45. The van der Waals surface area contributed by atoms with Crippen LogP contribution in [0, 0.1) is 0 Å². The molecule has 0 aliphatic carbocycles. The molecular weight excluding hydrogens is 344 g/mol. The zero-order chi connectivity index (χ0) is 18.0. The first-order chi connectivity index (χ1) is 11.9.